The molecule has 3 rings (SSSR count). The van der Waals surface area contributed by atoms with E-state index in [2.05, 4.69) is 14.9 Å². The van der Waals surface area contributed by atoms with Crippen LogP contribution in [0.25, 0.3) is 11.1 Å². The van der Waals surface area contributed by atoms with E-state index >= 15 is 0 Å². The third-order valence-electron chi connectivity index (χ3n) is 4.42. The summed E-state index contributed by atoms with van der Waals surface area (Å²) >= 11 is 0. The minimum absolute atomic E-state index is 0.314. The quantitative estimate of drug-likeness (QED) is 0.742. The van der Waals surface area contributed by atoms with Gasteiger partial charge in [0.2, 0.25) is 10.0 Å². The number of sulfonamides is 1. The molecular formula is C19H25N3O2S. The van der Waals surface area contributed by atoms with Crippen molar-refractivity contribution in [3.8, 4) is 11.1 Å². The predicted octanol–water partition coefficient (Wildman–Crippen LogP) is 1.93. The first-order chi connectivity index (χ1) is 12.1. The maximum absolute atomic E-state index is 12.4. The largest absolute Gasteiger partial charge is 0.314 e. The molecule has 134 valence electrons. The van der Waals surface area contributed by atoms with Crippen molar-refractivity contribution < 1.29 is 8.42 Å². The van der Waals surface area contributed by atoms with E-state index in [-0.39, 0.29) is 0 Å². The van der Waals surface area contributed by atoms with Crippen molar-refractivity contribution in [3.63, 3.8) is 0 Å². The van der Waals surface area contributed by atoms with Crippen LogP contribution in [0.5, 0.6) is 0 Å². The molecule has 25 heavy (non-hydrogen) atoms. The zero-order chi connectivity index (χ0) is 17.5. The van der Waals surface area contributed by atoms with Crippen LogP contribution in [0.3, 0.4) is 0 Å². The normalized spacial score (nSPS) is 16.0. The Hall–Kier alpha value is -1.73. The van der Waals surface area contributed by atoms with Gasteiger partial charge in [0.1, 0.15) is 0 Å². The molecular weight excluding hydrogens is 334 g/mol. The van der Waals surface area contributed by atoms with Crippen molar-refractivity contribution in [2.75, 3.05) is 39.3 Å². The Morgan fingerprint density at radius 1 is 0.920 bits per heavy atom. The number of benzene rings is 2. The summed E-state index contributed by atoms with van der Waals surface area (Å²) in [6.07, 6.45) is 0.821. The van der Waals surface area contributed by atoms with E-state index in [0.29, 0.717) is 11.4 Å². The minimum Gasteiger partial charge on any atom is -0.314 e. The maximum Gasteiger partial charge on any atom is 0.240 e. The van der Waals surface area contributed by atoms with Crippen LogP contribution in [-0.4, -0.2) is 52.6 Å². The van der Waals surface area contributed by atoms with Gasteiger partial charge in [-0.3, -0.25) is 0 Å². The van der Waals surface area contributed by atoms with Gasteiger partial charge in [0.25, 0.3) is 0 Å². The molecule has 2 aromatic rings. The first-order valence-electron chi connectivity index (χ1n) is 8.73. The second kappa shape index (κ2) is 8.58. The molecule has 0 aliphatic carbocycles. The lowest BCUT2D eigenvalue weighted by Crippen LogP contribution is -2.44. The van der Waals surface area contributed by atoms with Gasteiger partial charge in [-0.15, -0.1) is 0 Å². The Morgan fingerprint density at radius 3 is 2.24 bits per heavy atom. The number of hydrogen-bond acceptors (Lipinski definition) is 4. The minimum atomic E-state index is -3.44. The summed E-state index contributed by atoms with van der Waals surface area (Å²) in [6, 6.07) is 17.0. The fourth-order valence-electron chi connectivity index (χ4n) is 2.98. The SMILES string of the molecule is O=S(=O)(NCCCN1CCNCC1)c1ccc(-c2ccccc2)cc1. The lowest BCUT2D eigenvalue weighted by atomic mass is 10.1. The second-order valence-corrected chi connectivity index (χ2v) is 8.00. The highest BCUT2D eigenvalue weighted by Crippen LogP contribution is 2.20. The Balaban J connectivity index is 1.53. The molecule has 6 heteroatoms. The average molecular weight is 359 g/mol. The fourth-order valence-corrected chi connectivity index (χ4v) is 4.06. The van der Waals surface area contributed by atoms with Gasteiger partial charge in [0, 0.05) is 32.7 Å². The standard InChI is InChI=1S/C19H25N3O2S/c23-25(24,21-11-4-14-22-15-12-20-13-16-22)19-9-7-18(8-10-19)17-5-2-1-3-6-17/h1-3,5-10,20-21H,4,11-16H2. The van der Waals surface area contributed by atoms with Crippen molar-refractivity contribution in [1.82, 2.24) is 14.9 Å². The van der Waals surface area contributed by atoms with E-state index in [4.69, 9.17) is 0 Å². The van der Waals surface area contributed by atoms with E-state index in [0.717, 1.165) is 50.3 Å². The van der Waals surface area contributed by atoms with Crippen LogP contribution in [0.4, 0.5) is 0 Å². The van der Waals surface area contributed by atoms with Crippen molar-refractivity contribution in [2.24, 2.45) is 0 Å². The molecule has 0 spiro atoms. The molecule has 0 aromatic heterocycles. The monoisotopic (exact) mass is 359 g/mol. The topological polar surface area (TPSA) is 61.4 Å². The molecule has 0 radical (unpaired) electrons. The summed E-state index contributed by atoms with van der Waals surface area (Å²) in [5.41, 5.74) is 2.09. The van der Waals surface area contributed by atoms with E-state index in [1.807, 2.05) is 42.5 Å². The first kappa shape index (κ1) is 18.1. The zero-order valence-corrected chi connectivity index (χ0v) is 15.1. The molecule has 2 aromatic carbocycles. The molecule has 0 bridgehead atoms. The highest BCUT2D eigenvalue weighted by atomic mass is 32.2. The molecule has 0 unspecified atom stereocenters. The average Bonchev–Trinajstić information content (AvgIpc) is 2.67. The van der Waals surface area contributed by atoms with E-state index in [1.54, 1.807) is 12.1 Å². The van der Waals surface area contributed by atoms with Gasteiger partial charge in [-0.1, -0.05) is 42.5 Å². The number of rotatable bonds is 7. The Morgan fingerprint density at radius 2 is 1.56 bits per heavy atom. The van der Waals surface area contributed by atoms with Crippen LogP contribution in [0.2, 0.25) is 0 Å². The molecule has 2 N–H and O–H groups in total. The van der Waals surface area contributed by atoms with Crippen molar-refractivity contribution in [1.29, 1.82) is 0 Å². The van der Waals surface area contributed by atoms with Crippen molar-refractivity contribution in [3.05, 3.63) is 54.6 Å². The molecule has 0 atom stereocenters. The Labute approximate surface area is 150 Å². The van der Waals surface area contributed by atoms with Gasteiger partial charge in [0.15, 0.2) is 0 Å². The van der Waals surface area contributed by atoms with Crippen LogP contribution < -0.4 is 10.0 Å². The second-order valence-electron chi connectivity index (χ2n) is 6.23. The highest BCUT2D eigenvalue weighted by Gasteiger charge is 2.14. The first-order valence-corrected chi connectivity index (χ1v) is 10.2. The third-order valence-corrected chi connectivity index (χ3v) is 5.90. The predicted molar refractivity (Wildman–Crippen MR) is 101 cm³/mol. The van der Waals surface area contributed by atoms with Gasteiger partial charge >= 0.3 is 0 Å². The molecule has 1 aliphatic rings. The van der Waals surface area contributed by atoms with Gasteiger partial charge in [-0.25, -0.2) is 13.1 Å². The summed E-state index contributed by atoms with van der Waals surface area (Å²) in [4.78, 5) is 2.67. The van der Waals surface area contributed by atoms with E-state index < -0.39 is 10.0 Å². The molecule has 0 amide bonds. The van der Waals surface area contributed by atoms with Gasteiger partial charge < -0.3 is 10.2 Å². The van der Waals surface area contributed by atoms with Gasteiger partial charge in [0.05, 0.1) is 4.90 Å². The molecule has 0 saturated carbocycles. The summed E-state index contributed by atoms with van der Waals surface area (Å²) in [5.74, 6) is 0. The summed E-state index contributed by atoms with van der Waals surface area (Å²) < 4.78 is 27.5. The Bertz CT molecular complexity index is 755. The van der Waals surface area contributed by atoms with E-state index in [9.17, 15) is 8.42 Å². The number of piperazine rings is 1. The van der Waals surface area contributed by atoms with Gasteiger partial charge in [-0.05, 0) is 36.2 Å². The molecule has 1 heterocycles. The molecule has 1 saturated heterocycles. The summed E-state index contributed by atoms with van der Waals surface area (Å²) in [5, 5.41) is 3.31. The number of hydrogen-bond donors (Lipinski definition) is 2. The fraction of sp³-hybridized carbons (Fsp3) is 0.368. The highest BCUT2D eigenvalue weighted by molar-refractivity contribution is 7.89. The third kappa shape index (κ3) is 5.12. The van der Waals surface area contributed by atoms with E-state index in [1.165, 1.54) is 0 Å². The van der Waals surface area contributed by atoms with Crippen molar-refractivity contribution >= 4 is 10.0 Å². The zero-order valence-electron chi connectivity index (χ0n) is 14.3. The van der Waals surface area contributed by atoms with Crippen LogP contribution >= 0.6 is 0 Å². The van der Waals surface area contributed by atoms with Crippen molar-refractivity contribution in [2.45, 2.75) is 11.3 Å². The van der Waals surface area contributed by atoms with Crippen LogP contribution in [0.15, 0.2) is 59.5 Å². The summed E-state index contributed by atoms with van der Waals surface area (Å²) in [7, 11) is -3.44. The maximum atomic E-state index is 12.4. The molecule has 5 nitrogen and oxygen atoms in total. The lowest BCUT2D eigenvalue weighted by molar-refractivity contribution is 0.239. The van der Waals surface area contributed by atoms with Gasteiger partial charge in [-0.2, -0.15) is 0 Å². The number of nitrogens with zero attached hydrogens (tertiary/aromatic N) is 1. The van der Waals surface area contributed by atoms with Crippen LogP contribution in [-0.2, 0) is 10.0 Å². The Kier molecular flexibility index (Phi) is 6.20. The summed E-state index contributed by atoms with van der Waals surface area (Å²) in [6.45, 7) is 5.49. The van der Waals surface area contributed by atoms with Crippen LogP contribution in [0, 0.1) is 0 Å². The molecule has 1 fully saturated rings. The molecule has 1 aliphatic heterocycles. The number of nitrogens with one attached hydrogen (secondary N) is 2. The smallest absolute Gasteiger partial charge is 0.240 e. The lowest BCUT2D eigenvalue weighted by Gasteiger charge is -2.27. The van der Waals surface area contributed by atoms with Crippen LogP contribution in [0.1, 0.15) is 6.42 Å².